The van der Waals surface area contributed by atoms with E-state index < -0.39 is 0 Å². The van der Waals surface area contributed by atoms with Crippen molar-refractivity contribution >= 4 is 28.6 Å². The maximum Gasteiger partial charge on any atom is 0.228 e. The quantitative estimate of drug-likeness (QED) is 0.442. The Morgan fingerprint density at radius 1 is 1.06 bits per heavy atom. The highest BCUT2D eigenvalue weighted by atomic mass is 16.5. The van der Waals surface area contributed by atoms with Crippen molar-refractivity contribution in [2.24, 2.45) is 0 Å². The molecule has 0 atom stereocenters. The Morgan fingerprint density at radius 3 is 2.63 bits per heavy atom. The van der Waals surface area contributed by atoms with Gasteiger partial charge in [0.1, 0.15) is 28.9 Å². The molecule has 2 aliphatic rings. The van der Waals surface area contributed by atoms with Gasteiger partial charge in [-0.25, -0.2) is 15.0 Å². The third-order valence-electron chi connectivity index (χ3n) is 6.60. The zero-order valence-electron chi connectivity index (χ0n) is 20.6. The summed E-state index contributed by atoms with van der Waals surface area (Å²) >= 11 is 0. The standard InChI is InChI=1S/C24H36N10O/c1-2-35-16-15-34-22-21(19(31-34)17-32-11-5-3-4-6-12-32)29-24(33-13-9-25-10-14-33)30-23(22)28-20-7-8-26-18-27-20/h7-8,18,25H,2-6,9-17H2,1H3,(H,26,27,28,29,30). The van der Waals surface area contributed by atoms with Crippen LogP contribution in [0.3, 0.4) is 0 Å². The molecule has 2 saturated heterocycles. The lowest BCUT2D eigenvalue weighted by Crippen LogP contribution is -2.44. The number of piperazine rings is 1. The summed E-state index contributed by atoms with van der Waals surface area (Å²) in [5, 5.41) is 11.9. The first-order valence-electron chi connectivity index (χ1n) is 12.9. The summed E-state index contributed by atoms with van der Waals surface area (Å²) in [4.78, 5) is 23.3. The normalized spacial score (nSPS) is 17.6. The molecule has 2 N–H and O–H groups in total. The summed E-state index contributed by atoms with van der Waals surface area (Å²) in [6, 6.07) is 1.84. The lowest BCUT2D eigenvalue weighted by molar-refractivity contribution is 0.137. The molecule has 0 radical (unpaired) electrons. The Bertz CT molecular complexity index is 1070. The minimum atomic E-state index is 0.586. The highest BCUT2D eigenvalue weighted by Gasteiger charge is 2.24. The topological polar surface area (TPSA) is 109 Å². The molecule has 5 rings (SSSR count). The molecule has 0 aliphatic carbocycles. The smallest absolute Gasteiger partial charge is 0.228 e. The van der Waals surface area contributed by atoms with E-state index in [-0.39, 0.29) is 0 Å². The van der Waals surface area contributed by atoms with Crippen molar-refractivity contribution in [3.05, 3.63) is 24.3 Å². The number of hydrogen-bond donors (Lipinski definition) is 2. The van der Waals surface area contributed by atoms with E-state index in [9.17, 15) is 0 Å². The molecule has 0 amide bonds. The molecule has 3 aromatic heterocycles. The van der Waals surface area contributed by atoms with Crippen LogP contribution in [0.2, 0.25) is 0 Å². The molecule has 0 saturated carbocycles. The second-order valence-electron chi connectivity index (χ2n) is 9.08. The first kappa shape index (κ1) is 23.8. The Balaban J connectivity index is 1.58. The third kappa shape index (κ3) is 5.85. The molecule has 5 heterocycles. The van der Waals surface area contributed by atoms with Crippen molar-refractivity contribution in [1.82, 2.24) is 39.9 Å². The SMILES string of the molecule is CCOCCn1nc(CN2CCCCCC2)c2nc(N3CCNCC3)nc(Nc3ccncn3)c21. The average molecular weight is 481 g/mol. The monoisotopic (exact) mass is 480 g/mol. The molecule has 0 bridgehead atoms. The van der Waals surface area contributed by atoms with E-state index in [4.69, 9.17) is 19.8 Å². The van der Waals surface area contributed by atoms with Gasteiger partial charge in [0.15, 0.2) is 5.82 Å². The summed E-state index contributed by atoms with van der Waals surface area (Å²) in [5.74, 6) is 2.14. The highest BCUT2D eigenvalue weighted by molar-refractivity contribution is 5.90. The van der Waals surface area contributed by atoms with Crippen LogP contribution in [0, 0.1) is 0 Å². The summed E-state index contributed by atoms with van der Waals surface area (Å²) in [6.07, 6.45) is 8.36. The van der Waals surface area contributed by atoms with E-state index in [1.165, 1.54) is 32.0 Å². The lowest BCUT2D eigenvalue weighted by Gasteiger charge is -2.27. The number of anilines is 3. The molecule has 0 aromatic carbocycles. The van der Waals surface area contributed by atoms with Gasteiger partial charge < -0.3 is 20.3 Å². The van der Waals surface area contributed by atoms with Crippen LogP contribution in [-0.2, 0) is 17.8 Å². The fraction of sp³-hybridized carbons (Fsp3) is 0.625. The molecule has 11 heteroatoms. The van der Waals surface area contributed by atoms with E-state index >= 15 is 0 Å². The average Bonchev–Trinajstić information content (AvgIpc) is 3.04. The van der Waals surface area contributed by atoms with Gasteiger partial charge >= 0.3 is 0 Å². The van der Waals surface area contributed by atoms with Crippen molar-refractivity contribution < 1.29 is 4.74 Å². The molecule has 0 unspecified atom stereocenters. The van der Waals surface area contributed by atoms with Gasteiger partial charge in [-0.2, -0.15) is 10.1 Å². The fourth-order valence-corrected chi connectivity index (χ4v) is 4.78. The highest BCUT2D eigenvalue weighted by Crippen LogP contribution is 2.29. The number of ether oxygens (including phenoxy) is 1. The van der Waals surface area contributed by atoms with Crippen LogP contribution in [0.15, 0.2) is 18.6 Å². The number of fused-ring (bicyclic) bond motifs is 1. The first-order valence-corrected chi connectivity index (χ1v) is 12.9. The Hall–Kier alpha value is -2.89. The molecule has 35 heavy (non-hydrogen) atoms. The fourth-order valence-electron chi connectivity index (χ4n) is 4.78. The lowest BCUT2D eigenvalue weighted by atomic mass is 10.2. The molecule has 2 aliphatic heterocycles. The van der Waals surface area contributed by atoms with Gasteiger partial charge in [0, 0.05) is 45.5 Å². The maximum atomic E-state index is 5.67. The molecular weight excluding hydrogens is 444 g/mol. The number of hydrogen-bond acceptors (Lipinski definition) is 10. The van der Waals surface area contributed by atoms with E-state index in [2.05, 4.69) is 30.4 Å². The van der Waals surface area contributed by atoms with Gasteiger partial charge in [-0.3, -0.25) is 9.58 Å². The number of nitrogens with one attached hydrogen (secondary N) is 2. The van der Waals surface area contributed by atoms with Gasteiger partial charge in [0.2, 0.25) is 5.95 Å². The molecule has 0 spiro atoms. The molecule has 188 valence electrons. The summed E-state index contributed by atoms with van der Waals surface area (Å²) in [6.45, 7) is 10.5. The number of aromatic nitrogens is 6. The Kier molecular flexibility index (Phi) is 7.96. The first-order chi connectivity index (χ1) is 17.3. The van der Waals surface area contributed by atoms with Crippen LogP contribution >= 0.6 is 0 Å². The van der Waals surface area contributed by atoms with Crippen LogP contribution < -0.4 is 15.5 Å². The van der Waals surface area contributed by atoms with E-state index in [1.54, 1.807) is 6.20 Å². The van der Waals surface area contributed by atoms with Crippen molar-refractivity contribution in [3.8, 4) is 0 Å². The predicted octanol–water partition coefficient (Wildman–Crippen LogP) is 2.18. The number of nitrogens with zero attached hydrogens (tertiary/aromatic N) is 8. The maximum absolute atomic E-state index is 5.67. The minimum absolute atomic E-state index is 0.586. The van der Waals surface area contributed by atoms with Gasteiger partial charge in [0.25, 0.3) is 0 Å². The van der Waals surface area contributed by atoms with E-state index in [1.807, 2.05) is 17.7 Å². The van der Waals surface area contributed by atoms with E-state index in [0.29, 0.717) is 31.4 Å². The summed E-state index contributed by atoms with van der Waals surface area (Å²) in [7, 11) is 0. The third-order valence-corrected chi connectivity index (χ3v) is 6.60. The van der Waals surface area contributed by atoms with Gasteiger partial charge in [-0.1, -0.05) is 12.8 Å². The van der Waals surface area contributed by atoms with Crippen LogP contribution in [0.1, 0.15) is 38.3 Å². The predicted molar refractivity (Wildman–Crippen MR) is 136 cm³/mol. The van der Waals surface area contributed by atoms with Crippen molar-refractivity contribution in [2.75, 3.05) is 62.7 Å². The van der Waals surface area contributed by atoms with E-state index in [0.717, 1.165) is 68.5 Å². The molecular formula is C24H36N10O. The van der Waals surface area contributed by atoms with Crippen LogP contribution in [0.4, 0.5) is 17.6 Å². The van der Waals surface area contributed by atoms with Gasteiger partial charge in [0.05, 0.1) is 13.2 Å². The van der Waals surface area contributed by atoms with Crippen LogP contribution in [0.25, 0.3) is 11.0 Å². The summed E-state index contributed by atoms with van der Waals surface area (Å²) in [5.41, 5.74) is 2.81. The minimum Gasteiger partial charge on any atom is -0.380 e. The van der Waals surface area contributed by atoms with Crippen molar-refractivity contribution in [3.63, 3.8) is 0 Å². The second kappa shape index (κ2) is 11.7. The zero-order chi connectivity index (χ0) is 23.9. The largest absolute Gasteiger partial charge is 0.380 e. The molecule has 3 aromatic rings. The summed E-state index contributed by atoms with van der Waals surface area (Å²) < 4.78 is 7.67. The van der Waals surface area contributed by atoms with Crippen LogP contribution in [-0.4, -0.2) is 87.1 Å². The Morgan fingerprint density at radius 2 is 1.89 bits per heavy atom. The second-order valence-corrected chi connectivity index (χ2v) is 9.08. The Labute approximate surface area is 206 Å². The van der Waals surface area contributed by atoms with Gasteiger partial charge in [-0.15, -0.1) is 0 Å². The number of rotatable bonds is 9. The van der Waals surface area contributed by atoms with Crippen molar-refractivity contribution in [2.45, 2.75) is 45.7 Å². The number of likely N-dealkylation sites (tertiary alicyclic amines) is 1. The van der Waals surface area contributed by atoms with Crippen LogP contribution in [0.5, 0.6) is 0 Å². The van der Waals surface area contributed by atoms with Gasteiger partial charge in [-0.05, 0) is 38.9 Å². The van der Waals surface area contributed by atoms with Crippen molar-refractivity contribution in [1.29, 1.82) is 0 Å². The molecule has 2 fully saturated rings. The molecule has 11 nitrogen and oxygen atoms in total. The zero-order valence-corrected chi connectivity index (χ0v) is 20.6.